The van der Waals surface area contributed by atoms with E-state index >= 15 is 0 Å². The van der Waals surface area contributed by atoms with Gasteiger partial charge in [0.05, 0.1) is 19.6 Å². The second-order valence-electron chi connectivity index (χ2n) is 3.85. The Morgan fingerprint density at radius 1 is 1.41 bits per heavy atom. The van der Waals surface area contributed by atoms with Crippen molar-refractivity contribution in [1.82, 2.24) is 0 Å². The van der Waals surface area contributed by atoms with E-state index in [2.05, 4.69) is 4.74 Å². The number of carbonyl (C=O) groups excluding carboxylic acids is 1. The number of rotatable bonds is 6. The maximum Gasteiger partial charge on any atom is 0.306 e. The number of esters is 1. The second-order valence-corrected chi connectivity index (χ2v) is 5.32. The molecule has 0 heterocycles. The molecule has 0 saturated carbocycles. The highest BCUT2D eigenvalue weighted by molar-refractivity contribution is 7.99. The lowest BCUT2D eigenvalue weighted by molar-refractivity contribution is -0.140. The Bertz CT molecular complexity index is 340. The molecule has 0 amide bonds. The molecule has 3 nitrogen and oxygen atoms in total. The van der Waals surface area contributed by atoms with Crippen molar-refractivity contribution in [3.05, 3.63) is 35.9 Å². The summed E-state index contributed by atoms with van der Waals surface area (Å²) in [5, 5.41) is 10.1. The number of aliphatic hydroxyl groups is 1. The molecule has 0 saturated heterocycles. The minimum absolute atomic E-state index is 0.154. The fourth-order valence-electron chi connectivity index (χ4n) is 1.40. The van der Waals surface area contributed by atoms with Crippen molar-refractivity contribution in [2.24, 2.45) is 0 Å². The average Bonchev–Trinajstić information content (AvgIpc) is 2.36. The van der Waals surface area contributed by atoms with Gasteiger partial charge >= 0.3 is 5.97 Å². The van der Waals surface area contributed by atoms with Crippen LogP contribution in [0.25, 0.3) is 0 Å². The van der Waals surface area contributed by atoms with E-state index in [0.29, 0.717) is 12.2 Å². The van der Waals surface area contributed by atoms with Gasteiger partial charge in [-0.05, 0) is 5.56 Å². The molecule has 1 aromatic rings. The molecule has 17 heavy (non-hydrogen) atoms. The highest BCUT2D eigenvalue weighted by Gasteiger charge is 2.13. The summed E-state index contributed by atoms with van der Waals surface area (Å²) in [6.45, 7) is 1.96. The average molecular weight is 254 g/mol. The molecule has 4 heteroatoms. The predicted molar refractivity (Wildman–Crippen MR) is 70.0 cm³/mol. The number of hydrogen-bond donors (Lipinski definition) is 1. The van der Waals surface area contributed by atoms with Crippen LogP contribution in [0.4, 0.5) is 0 Å². The monoisotopic (exact) mass is 254 g/mol. The van der Waals surface area contributed by atoms with Gasteiger partial charge in [0, 0.05) is 11.0 Å². The van der Waals surface area contributed by atoms with Crippen LogP contribution in [0.1, 0.15) is 25.0 Å². The van der Waals surface area contributed by atoms with Gasteiger partial charge in [0.2, 0.25) is 0 Å². The zero-order chi connectivity index (χ0) is 12.7. The van der Waals surface area contributed by atoms with E-state index in [1.807, 2.05) is 37.3 Å². The predicted octanol–water partition coefficient (Wildman–Crippen LogP) is 2.40. The lowest BCUT2D eigenvalue weighted by Crippen LogP contribution is -2.11. The van der Waals surface area contributed by atoms with E-state index in [1.165, 1.54) is 7.11 Å². The van der Waals surface area contributed by atoms with Gasteiger partial charge in [-0.1, -0.05) is 37.3 Å². The zero-order valence-corrected chi connectivity index (χ0v) is 10.9. The molecule has 0 aliphatic carbocycles. The van der Waals surface area contributed by atoms with Crippen LogP contribution in [-0.2, 0) is 9.53 Å². The Labute approximate surface area is 106 Å². The van der Waals surface area contributed by atoms with E-state index in [1.54, 1.807) is 11.8 Å². The Hall–Kier alpha value is -1.00. The van der Waals surface area contributed by atoms with Crippen molar-refractivity contribution in [2.75, 3.05) is 12.9 Å². The van der Waals surface area contributed by atoms with Gasteiger partial charge in [-0.2, -0.15) is 11.8 Å². The molecule has 0 aliphatic rings. The van der Waals surface area contributed by atoms with E-state index in [-0.39, 0.29) is 11.2 Å². The molecular weight excluding hydrogens is 236 g/mol. The van der Waals surface area contributed by atoms with E-state index in [0.717, 1.165) is 5.56 Å². The molecule has 0 aliphatic heterocycles. The normalized spacial score (nSPS) is 14.1. The fraction of sp³-hybridized carbons (Fsp3) is 0.462. The summed E-state index contributed by atoms with van der Waals surface area (Å²) >= 11 is 1.57. The number of carbonyl (C=O) groups is 1. The summed E-state index contributed by atoms with van der Waals surface area (Å²) in [6, 6.07) is 9.53. The van der Waals surface area contributed by atoms with Crippen LogP contribution in [-0.4, -0.2) is 29.2 Å². The third-order valence-corrected chi connectivity index (χ3v) is 3.65. The number of methoxy groups -OCH3 is 1. The summed E-state index contributed by atoms with van der Waals surface area (Å²) in [5.74, 6) is 0.376. The third kappa shape index (κ3) is 5.24. The molecule has 1 aromatic carbocycles. The van der Waals surface area contributed by atoms with Gasteiger partial charge < -0.3 is 9.84 Å². The molecule has 1 rings (SSSR count). The van der Waals surface area contributed by atoms with Crippen LogP contribution in [0.15, 0.2) is 30.3 Å². The number of ether oxygens (including phenoxy) is 1. The highest BCUT2D eigenvalue weighted by atomic mass is 32.2. The van der Waals surface area contributed by atoms with Gasteiger partial charge in [-0.15, -0.1) is 0 Å². The Kier molecular flexibility index (Phi) is 6.08. The Morgan fingerprint density at radius 2 is 2.06 bits per heavy atom. The van der Waals surface area contributed by atoms with E-state index in [9.17, 15) is 9.90 Å². The Balaban J connectivity index is 2.33. The van der Waals surface area contributed by atoms with Gasteiger partial charge in [-0.3, -0.25) is 4.79 Å². The van der Waals surface area contributed by atoms with Gasteiger partial charge in [0.25, 0.3) is 0 Å². The number of benzene rings is 1. The first-order chi connectivity index (χ1) is 8.13. The summed E-state index contributed by atoms with van der Waals surface area (Å²) in [7, 11) is 1.39. The van der Waals surface area contributed by atoms with Crippen LogP contribution in [0, 0.1) is 0 Å². The van der Waals surface area contributed by atoms with E-state index in [4.69, 9.17) is 0 Å². The summed E-state index contributed by atoms with van der Waals surface area (Å²) < 4.78 is 4.60. The van der Waals surface area contributed by atoms with Crippen LogP contribution < -0.4 is 0 Å². The quantitative estimate of drug-likeness (QED) is 0.792. The minimum atomic E-state index is -0.485. The molecule has 2 atom stereocenters. The molecule has 0 radical (unpaired) electrons. The lowest BCUT2D eigenvalue weighted by atomic mass is 10.1. The summed E-state index contributed by atoms with van der Waals surface area (Å²) in [6.07, 6.45) is -0.107. The van der Waals surface area contributed by atoms with Gasteiger partial charge in [-0.25, -0.2) is 0 Å². The summed E-state index contributed by atoms with van der Waals surface area (Å²) in [5.41, 5.74) is 0.908. The molecule has 0 bridgehead atoms. The van der Waals surface area contributed by atoms with E-state index < -0.39 is 6.10 Å². The number of hydrogen-bond acceptors (Lipinski definition) is 4. The van der Waals surface area contributed by atoms with Crippen LogP contribution >= 0.6 is 11.8 Å². The molecule has 0 fully saturated rings. The van der Waals surface area contributed by atoms with Crippen LogP contribution in [0.3, 0.4) is 0 Å². The smallest absolute Gasteiger partial charge is 0.306 e. The summed E-state index contributed by atoms with van der Waals surface area (Å²) in [4.78, 5) is 11.0. The Morgan fingerprint density at radius 3 is 2.65 bits per heavy atom. The molecule has 94 valence electrons. The van der Waals surface area contributed by atoms with Crippen molar-refractivity contribution in [3.63, 3.8) is 0 Å². The molecule has 0 spiro atoms. The molecule has 0 aromatic heterocycles. The van der Waals surface area contributed by atoms with Gasteiger partial charge in [0.15, 0.2) is 0 Å². The second kappa shape index (κ2) is 7.35. The van der Waals surface area contributed by atoms with Crippen LogP contribution in [0.5, 0.6) is 0 Å². The maximum absolute atomic E-state index is 11.0. The lowest BCUT2D eigenvalue weighted by Gasteiger charge is -2.14. The fourth-order valence-corrected chi connectivity index (χ4v) is 2.36. The standard InChI is InChI=1S/C13H18O3S/c1-10(8-13(15)16-2)17-9-12(14)11-6-4-3-5-7-11/h3-7,10,12,14H,8-9H2,1-2H3. The molecular formula is C13H18O3S. The first-order valence-electron chi connectivity index (χ1n) is 5.55. The first-order valence-corrected chi connectivity index (χ1v) is 6.59. The largest absolute Gasteiger partial charge is 0.469 e. The van der Waals surface area contributed by atoms with Gasteiger partial charge in [0.1, 0.15) is 0 Å². The molecule has 1 N–H and O–H groups in total. The SMILES string of the molecule is COC(=O)CC(C)SCC(O)c1ccccc1. The third-order valence-electron chi connectivity index (χ3n) is 2.40. The van der Waals surface area contributed by atoms with Crippen LogP contribution in [0.2, 0.25) is 0 Å². The number of aliphatic hydroxyl groups excluding tert-OH is 1. The number of thioether (sulfide) groups is 1. The zero-order valence-electron chi connectivity index (χ0n) is 10.1. The van der Waals surface area contributed by atoms with Crippen molar-refractivity contribution >= 4 is 17.7 Å². The van der Waals surface area contributed by atoms with Crippen molar-refractivity contribution < 1.29 is 14.6 Å². The van der Waals surface area contributed by atoms with Crippen molar-refractivity contribution in [2.45, 2.75) is 24.7 Å². The maximum atomic E-state index is 11.0. The van der Waals surface area contributed by atoms with Crippen molar-refractivity contribution in [1.29, 1.82) is 0 Å². The first kappa shape index (κ1) is 14.1. The minimum Gasteiger partial charge on any atom is -0.469 e. The highest BCUT2D eigenvalue weighted by Crippen LogP contribution is 2.22. The molecule has 2 unspecified atom stereocenters. The van der Waals surface area contributed by atoms with Crippen molar-refractivity contribution in [3.8, 4) is 0 Å². The topological polar surface area (TPSA) is 46.5 Å².